The number of rotatable bonds is 4. The maximum Gasteiger partial charge on any atom is 0.273 e. The predicted octanol–water partition coefficient (Wildman–Crippen LogP) is 5.05. The van der Waals surface area contributed by atoms with Crippen LogP contribution < -0.4 is 4.74 Å². The van der Waals surface area contributed by atoms with Gasteiger partial charge in [0.15, 0.2) is 0 Å². The molecule has 0 heterocycles. The molecule has 0 amide bonds. The van der Waals surface area contributed by atoms with Crippen molar-refractivity contribution in [2.75, 3.05) is 0 Å². The van der Waals surface area contributed by atoms with Gasteiger partial charge in [0.2, 0.25) is 0 Å². The van der Waals surface area contributed by atoms with Crippen LogP contribution >= 0.6 is 0 Å². The molecule has 0 unspecified atom stereocenters. The lowest BCUT2D eigenvalue weighted by molar-refractivity contribution is -0.384. The van der Waals surface area contributed by atoms with Gasteiger partial charge in [0.05, 0.1) is 11.0 Å². The van der Waals surface area contributed by atoms with Crippen LogP contribution in [0.5, 0.6) is 11.5 Å². The Balaban J connectivity index is 1.79. The molecule has 4 heteroatoms. The summed E-state index contributed by atoms with van der Waals surface area (Å²) < 4.78 is 5.66. The maximum atomic E-state index is 10.8. The fourth-order valence-electron chi connectivity index (χ4n) is 2.14. The van der Waals surface area contributed by atoms with Crippen molar-refractivity contribution in [3.05, 3.63) is 89.0 Å². The lowest BCUT2D eigenvalue weighted by atomic mass is 10.1. The standard InChI is InChI=1S/C18H13NO3/c20-19(21)16-7-4-8-18(13-16)22-17-11-9-15(10-12-17)14-5-2-1-3-6-14/h1-13H. The minimum absolute atomic E-state index is 0.0124. The lowest BCUT2D eigenvalue weighted by Gasteiger charge is -2.07. The van der Waals surface area contributed by atoms with Gasteiger partial charge in [-0.25, -0.2) is 0 Å². The Bertz CT molecular complexity index is 783. The van der Waals surface area contributed by atoms with Gasteiger partial charge in [-0.1, -0.05) is 48.5 Å². The van der Waals surface area contributed by atoms with Crippen LogP contribution in [0.2, 0.25) is 0 Å². The topological polar surface area (TPSA) is 52.4 Å². The van der Waals surface area contributed by atoms with Crippen molar-refractivity contribution in [1.29, 1.82) is 0 Å². The largest absolute Gasteiger partial charge is 0.457 e. The third kappa shape index (κ3) is 3.12. The van der Waals surface area contributed by atoms with Gasteiger partial charge >= 0.3 is 0 Å². The zero-order chi connectivity index (χ0) is 15.4. The van der Waals surface area contributed by atoms with Gasteiger partial charge in [-0.3, -0.25) is 10.1 Å². The van der Waals surface area contributed by atoms with Crippen molar-refractivity contribution in [3.63, 3.8) is 0 Å². The van der Waals surface area contributed by atoms with Crippen molar-refractivity contribution < 1.29 is 9.66 Å². The van der Waals surface area contributed by atoms with E-state index < -0.39 is 4.92 Å². The van der Waals surface area contributed by atoms with Gasteiger partial charge in [0.25, 0.3) is 5.69 Å². The van der Waals surface area contributed by atoms with Crippen LogP contribution in [0.25, 0.3) is 11.1 Å². The molecule has 3 rings (SSSR count). The Kier molecular flexibility index (Phi) is 3.83. The van der Waals surface area contributed by atoms with Crippen LogP contribution in [0.4, 0.5) is 5.69 Å². The molecule has 0 atom stereocenters. The molecule has 0 aromatic heterocycles. The molecule has 0 aliphatic rings. The van der Waals surface area contributed by atoms with Gasteiger partial charge in [-0.15, -0.1) is 0 Å². The van der Waals surface area contributed by atoms with Crippen molar-refractivity contribution in [3.8, 4) is 22.6 Å². The molecule has 0 fully saturated rings. The van der Waals surface area contributed by atoms with E-state index >= 15 is 0 Å². The summed E-state index contributed by atoms with van der Waals surface area (Å²) in [5.74, 6) is 1.09. The molecular weight excluding hydrogens is 278 g/mol. The summed E-state index contributed by atoms with van der Waals surface area (Å²) in [5, 5.41) is 10.8. The normalized spacial score (nSPS) is 10.2. The van der Waals surface area contributed by atoms with Crippen molar-refractivity contribution in [1.82, 2.24) is 0 Å². The van der Waals surface area contributed by atoms with E-state index in [9.17, 15) is 10.1 Å². The number of hydrogen-bond acceptors (Lipinski definition) is 3. The third-order valence-corrected chi connectivity index (χ3v) is 3.23. The number of non-ortho nitro benzene ring substituents is 1. The van der Waals surface area contributed by atoms with Gasteiger partial charge < -0.3 is 4.74 Å². The van der Waals surface area contributed by atoms with Crippen LogP contribution in [0.1, 0.15) is 0 Å². The number of hydrogen-bond donors (Lipinski definition) is 0. The quantitative estimate of drug-likeness (QED) is 0.499. The highest BCUT2D eigenvalue weighted by Crippen LogP contribution is 2.27. The fourth-order valence-corrected chi connectivity index (χ4v) is 2.14. The summed E-state index contributed by atoms with van der Waals surface area (Å²) in [5.41, 5.74) is 2.23. The second kappa shape index (κ2) is 6.10. The van der Waals surface area contributed by atoms with E-state index in [-0.39, 0.29) is 5.69 Å². The molecule has 0 N–H and O–H groups in total. The Morgan fingerprint density at radius 3 is 2.09 bits per heavy atom. The summed E-state index contributed by atoms with van der Waals surface area (Å²) in [7, 11) is 0. The number of nitro benzene ring substituents is 1. The van der Waals surface area contributed by atoms with E-state index in [4.69, 9.17) is 4.74 Å². The van der Waals surface area contributed by atoms with Crippen LogP contribution in [-0.2, 0) is 0 Å². The Morgan fingerprint density at radius 2 is 1.41 bits per heavy atom. The Hall–Kier alpha value is -3.14. The van der Waals surface area contributed by atoms with E-state index in [1.54, 1.807) is 12.1 Å². The van der Waals surface area contributed by atoms with E-state index in [2.05, 4.69) is 0 Å². The van der Waals surface area contributed by atoms with Crippen LogP contribution in [0.3, 0.4) is 0 Å². The summed E-state index contributed by atoms with van der Waals surface area (Å²) in [6.45, 7) is 0. The van der Waals surface area contributed by atoms with E-state index in [1.165, 1.54) is 12.1 Å². The van der Waals surface area contributed by atoms with E-state index in [0.29, 0.717) is 11.5 Å². The molecule has 108 valence electrons. The minimum Gasteiger partial charge on any atom is -0.457 e. The van der Waals surface area contributed by atoms with Crippen molar-refractivity contribution in [2.45, 2.75) is 0 Å². The molecule has 0 saturated heterocycles. The van der Waals surface area contributed by atoms with E-state index in [0.717, 1.165) is 11.1 Å². The molecule has 3 aromatic rings. The zero-order valence-corrected chi connectivity index (χ0v) is 11.7. The molecule has 0 aliphatic carbocycles. The van der Waals surface area contributed by atoms with E-state index in [1.807, 2.05) is 54.6 Å². The van der Waals surface area contributed by atoms with Crippen LogP contribution in [0.15, 0.2) is 78.9 Å². The molecular formula is C18H13NO3. The number of nitrogens with zero attached hydrogens (tertiary/aromatic N) is 1. The van der Waals surface area contributed by atoms with Crippen molar-refractivity contribution in [2.24, 2.45) is 0 Å². The first-order valence-electron chi connectivity index (χ1n) is 6.80. The number of ether oxygens (including phenoxy) is 1. The average Bonchev–Trinajstić information content (AvgIpc) is 2.56. The van der Waals surface area contributed by atoms with Gasteiger partial charge in [-0.05, 0) is 29.3 Å². The number of benzene rings is 3. The zero-order valence-electron chi connectivity index (χ0n) is 11.7. The highest BCUT2D eigenvalue weighted by atomic mass is 16.6. The molecule has 22 heavy (non-hydrogen) atoms. The monoisotopic (exact) mass is 291 g/mol. The fraction of sp³-hybridized carbons (Fsp3) is 0. The Morgan fingerprint density at radius 1 is 0.727 bits per heavy atom. The molecule has 0 saturated carbocycles. The SMILES string of the molecule is O=[N+]([O-])c1cccc(Oc2ccc(-c3ccccc3)cc2)c1. The summed E-state index contributed by atoms with van der Waals surface area (Å²) >= 11 is 0. The minimum atomic E-state index is -0.439. The smallest absolute Gasteiger partial charge is 0.273 e. The molecule has 0 bridgehead atoms. The van der Waals surface area contributed by atoms with Crippen LogP contribution in [0, 0.1) is 10.1 Å². The average molecular weight is 291 g/mol. The molecule has 0 aliphatic heterocycles. The molecule has 0 radical (unpaired) electrons. The van der Waals surface area contributed by atoms with Gasteiger partial charge in [0.1, 0.15) is 11.5 Å². The third-order valence-electron chi connectivity index (χ3n) is 3.23. The van der Waals surface area contributed by atoms with Crippen LogP contribution in [-0.4, -0.2) is 4.92 Å². The Labute approximate surface area is 127 Å². The molecule has 0 spiro atoms. The maximum absolute atomic E-state index is 10.8. The summed E-state index contributed by atoms with van der Waals surface area (Å²) in [4.78, 5) is 10.3. The first-order chi connectivity index (χ1) is 10.7. The van der Waals surface area contributed by atoms with Gasteiger partial charge in [0, 0.05) is 6.07 Å². The first kappa shape index (κ1) is 13.8. The second-order valence-electron chi connectivity index (χ2n) is 4.75. The second-order valence-corrected chi connectivity index (χ2v) is 4.75. The summed E-state index contributed by atoms with van der Waals surface area (Å²) in [6.07, 6.45) is 0. The number of nitro groups is 1. The summed E-state index contributed by atoms with van der Waals surface area (Å²) in [6, 6.07) is 23.8. The molecule has 4 nitrogen and oxygen atoms in total. The van der Waals surface area contributed by atoms with Gasteiger partial charge in [-0.2, -0.15) is 0 Å². The molecule has 3 aromatic carbocycles. The highest BCUT2D eigenvalue weighted by Gasteiger charge is 2.07. The lowest BCUT2D eigenvalue weighted by Crippen LogP contribution is -1.89. The first-order valence-corrected chi connectivity index (χ1v) is 6.80. The highest BCUT2D eigenvalue weighted by molar-refractivity contribution is 5.64. The van der Waals surface area contributed by atoms with Crippen molar-refractivity contribution >= 4 is 5.69 Å². The predicted molar refractivity (Wildman–Crippen MR) is 85.0 cm³/mol.